The molecule has 7 heteroatoms. The first kappa shape index (κ1) is 24.5. The number of nitrogens with two attached hydrogens (primary N) is 1. The molecule has 176 valence electrons. The number of aryl methyl sites for hydroxylation is 2. The molecule has 7 nitrogen and oxygen atoms in total. The van der Waals surface area contributed by atoms with Gasteiger partial charge in [0.2, 0.25) is 11.8 Å². The third kappa shape index (κ3) is 7.43. The maximum absolute atomic E-state index is 12.8. The van der Waals surface area contributed by atoms with E-state index in [4.69, 9.17) is 5.73 Å². The SMILES string of the molecule is NCc1ccc(CCC(=O)NC[C@@H]2C[C@@H](CC(=O)O)C(=O)N2CCCc2ccccc2)cc1. The smallest absolute Gasteiger partial charge is 0.304 e. The number of rotatable bonds is 12. The lowest BCUT2D eigenvalue weighted by Crippen LogP contribution is -2.42. The minimum Gasteiger partial charge on any atom is -0.481 e. The summed E-state index contributed by atoms with van der Waals surface area (Å²) < 4.78 is 0. The lowest BCUT2D eigenvalue weighted by molar-refractivity contribution is -0.142. The topological polar surface area (TPSA) is 113 Å². The Balaban J connectivity index is 1.51. The number of carboxylic acid groups (broad SMARTS) is 1. The highest BCUT2D eigenvalue weighted by atomic mass is 16.4. The van der Waals surface area contributed by atoms with E-state index in [1.807, 2.05) is 42.5 Å². The average molecular weight is 452 g/mol. The van der Waals surface area contributed by atoms with Crippen molar-refractivity contribution in [2.24, 2.45) is 11.7 Å². The largest absolute Gasteiger partial charge is 0.481 e. The van der Waals surface area contributed by atoms with Gasteiger partial charge in [0.1, 0.15) is 0 Å². The minimum atomic E-state index is -0.970. The first-order chi connectivity index (χ1) is 16.0. The summed E-state index contributed by atoms with van der Waals surface area (Å²) in [6, 6.07) is 17.8. The number of likely N-dealkylation sites (tertiary alicyclic amines) is 1. The molecule has 33 heavy (non-hydrogen) atoms. The molecule has 0 aromatic heterocycles. The van der Waals surface area contributed by atoms with Crippen molar-refractivity contribution in [1.82, 2.24) is 10.2 Å². The first-order valence-electron chi connectivity index (χ1n) is 11.6. The Morgan fingerprint density at radius 2 is 1.67 bits per heavy atom. The molecule has 2 atom stereocenters. The molecule has 0 saturated carbocycles. The molecule has 0 unspecified atom stereocenters. The van der Waals surface area contributed by atoms with Crippen LogP contribution in [0.15, 0.2) is 54.6 Å². The zero-order valence-electron chi connectivity index (χ0n) is 18.9. The number of carbonyl (C=O) groups excluding carboxylic acids is 2. The van der Waals surface area contributed by atoms with E-state index in [0.29, 0.717) is 38.9 Å². The van der Waals surface area contributed by atoms with E-state index in [1.165, 1.54) is 5.56 Å². The lowest BCUT2D eigenvalue weighted by Gasteiger charge is -2.25. The zero-order valence-corrected chi connectivity index (χ0v) is 18.9. The quantitative estimate of drug-likeness (QED) is 0.459. The Morgan fingerprint density at radius 3 is 2.33 bits per heavy atom. The molecule has 2 aromatic carbocycles. The van der Waals surface area contributed by atoms with Crippen LogP contribution in [0.3, 0.4) is 0 Å². The van der Waals surface area contributed by atoms with Crippen LogP contribution in [0.1, 0.15) is 42.4 Å². The van der Waals surface area contributed by atoms with Crippen LogP contribution >= 0.6 is 0 Å². The molecule has 0 radical (unpaired) electrons. The Kier molecular flexibility index (Phi) is 9.01. The van der Waals surface area contributed by atoms with Crippen molar-refractivity contribution in [3.63, 3.8) is 0 Å². The summed E-state index contributed by atoms with van der Waals surface area (Å²) in [5, 5.41) is 12.1. The number of nitrogens with zero attached hydrogens (tertiary/aromatic N) is 1. The standard InChI is InChI=1S/C26H33N3O4/c27-17-21-10-8-20(9-11-21)12-13-24(30)28-18-23-15-22(16-25(31)32)26(33)29(23)14-4-7-19-5-2-1-3-6-19/h1-3,5-6,8-11,22-23H,4,7,12-18,27H2,(H,28,30)(H,31,32)/t22-,23-/m0/s1. The molecule has 1 heterocycles. The summed E-state index contributed by atoms with van der Waals surface area (Å²) in [5.74, 6) is -1.69. The van der Waals surface area contributed by atoms with Gasteiger partial charge in [-0.3, -0.25) is 14.4 Å². The zero-order chi connectivity index (χ0) is 23.6. The van der Waals surface area contributed by atoms with E-state index in [0.717, 1.165) is 24.0 Å². The van der Waals surface area contributed by atoms with Gasteiger partial charge < -0.3 is 21.1 Å². The molecule has 0 spiro atoms. The molecule has 3 rings (SSSR count). The predicted octanol–water partition coefficient (Wildman–Crippen LogP) is 2.52. The Morgan fingerprint density at radius 1 is 1.00 bits per heavy atom. The van der Waals surface area contributed by atoms with Crippen molar-refractivity contribution in [3.8, 4) is 0 Å². The highest BCUT2D eigenvalue weighted by molar-refractivity contribution is 5.85. The van der Waals surface area contributed by atoms with E-state index >= 15 is 0 Å². The van der Waals surface area contributed by atoms with Crippen molar-refractivity contribution < 1.29 is 19.5 Å². The molecule has 0 bridgehead atoms. The number of hydrogen-bond donors (Lipinski definition) is 3. The average Bonchev–Trinajstić information content (AvgIpc) is 3.11. The Bertz CT molecular complexity index is 930. The molecular weight excluding hydrogens is 418 g/mol. The molecular formula is C26H33N3O4. The first-order valence-corrected chi connectivity index (χ1v) is 11.6. The predicted molar refractivity (Wildman–Crippen MR) is 126 cm³/mol. The number of carboxylic acids is 1. The molecule has 1 aliphatic rings. The number of carbonyl (C=O) groups is 3. The van der Waals surface area contributed by atoms with Gasteiger partial charge in [0.15, 0.2) is 0 Å². The normalized spacial score (nSPS) is 17.8. The molecule has 1 fully saturated rings. The van der Waals surface area contributed by atoms with E-state index < -0.39 is 11.9 Å². The van der Waals surface area contributed by atoms with E-state index in [2.05, 4.69) is 17.4 Å². The second-order valence-electron chi connectivity index (χ2n) is 8.63. The second kappa shape index (κ2) is 12.2. The third-order valence-electron chi connectivity index (χ3n) is 6.19. The van der Waals surface area contributed by atoms with Gasteiger partial charge in [-0.1, -0.05) is 54.6 Å². The molecule has 0 aliphatic carbocycles. The van der Waals surface area contributed by atoms with Gasteiger partial charge >= 0.3 is 5.97 Å². The Labute approximate surface area is 195 Å². The number of nitrogens with one attached hydrogen (secondary N) is 1. The fourth-order valence-corrected chi connectivity index (χ4v) is 4.36. The maximum atomic E-state index is 12.8. The van der Waals surface area contributed by atoms with Crippen molar-refractivity contribution in [2.45, 2.75) is 51.1 Å². The third-order valence-corrected chi connectivity index (χ3v) is 6.19. The summed E-state index contributed by atoms with van der Waals surface area (Å²) in [6.45, 7) is 1.39. The van der Waals surface area contributed by atoms with Crippen LogP contribution in [-0.4, -0.2) is 46.9 Å². The van der Waals surface area contributed by atoms with Crippen LogP contribution in [-0.2, 0) is 33.8 Å². The van der Waals surface area contributed by atoms with Gasteiger partial charge in [-0.15, -0.1) is 0 Å². The van der Waals surface area contributed by atoms with Crippen LogP contribution in [0.25, 0.3) is 0 Å². The summed E-state index contributed by atoms with van der Waals surface area (Å²) >= 11 is 0. The van der Waals surface area contributed by atoms with Gasteiger partial charge in [-0.2, -0.15) is 0 Å². The van der Waals surface area contributed by atoms with Crippen LogP contribution in [0.4, 0.5) is 0 Å². The molecule has 2 amide bonds. The van der Waals surface area contributed by atoms with Crippen molar-refractivity contribution in [2.75, 3.05) is 13.1 Å². The molecule has 2 aromatic rings. The molecule has 4 N–H and O–H groups in total. The van der Waals surface area contributed by atoms with Crippen LogP contribution in [0.5, 0.6) is 0 Å². The highest BCUT2D eigenvalue weighted by Gasteiger charge is 2.39. The summed E-state index contributed by atoms with van der Waals surface area (Å²) in [4.78, 5) is 38.2. The molecule has 1 aliphatic heterocycles. The van der Waals surface area contributed by atoms with Gasteiger partial charge in [0.05, 0.1) is 12.3 Å². The van der Waals surface area contributed by atoms with E-state index in [-0.39, 0.29) is 24.3 Å². The maximum Gasteiger partial charge on any atom is 0.304 e. The van der Waals surface area contributed by atoms with Gasteiger partial charge in [-0.25, -0.2) is 0 Å². The van der Waals surface area contributed by atoms with Gasteiger partial charge in [0.25, 0.3) is 0 Å². The monoisotopic (exact) mass is 451 g/mol. The fraction of sp³-hybridized carbons (Fsp3) is 0.423. The van der Waals surface area contributed by atoms with Gasteiger partial charge in [-0.05, 0) is 42.4 Å². The van der Waals surface area contributed by atoms with Crippen LogP contribution in [0, 0.1) is 5.92 Å². The number of aliphatic carboxylic acids is 1. The van der Waals surface area contributed by atoms with E-state index in [1.54, 1.807) is 4.90 Å². The lowest BCUT2D eigenvalue weighted by atomic mass is 10.0. The molecule has 1 saturated heterocycles. The second-order valence-corrected chi connectivity index (χ2v) is 8.63. The van der Waals surface area contributed by atoms with Crippen LogP contribution < -0.4 is 11.1 Å². The summed E-state index contributed by atoms with van der Waals surface area (Å²) in [6.07, 6.45) is 2.90. The van der Waals surface area contributed by atoms with Crippen LogP contribution in [0.2, 0.25) is 0 Å². The number of amides is 2. The number of hydrogen-bond acceptors (Lipinski definition) is 4. The van der Waals surface area contributed by atoms with Crippen molar-refractivity contribution >= 4 is 17.8 Å². The highest BCUT2D eigenvalue weighted by Crippen LogP contribution is 2.27. The van der Waals surface area contributed by atoms with Gasteiger partial charge in [0, 0.05) is 32.1 Å². The summed E-state index contributed by atoms with van der Waals surface area (Å²) in [7, 11) is 0. The Hall–Kier alpha value is -3.19. The van der Waals surface area contributed by atoms with E-state index in [9.17, 15) is 19.5 Å². The van der Waals surface area contributed by atoms with Crippen molar-refractivity contribution in [1.29, 1.82) is 0 Å². The minimum absolute atomic E-state index is 0.0729. The fourth-order valence-electron chi connectivity index (χ4n) is 4.36. The van der Waals surface area contributed by atoms with Crippen molar-refractivity contribution in [3.05, 3.63) is 71.3 Å². The summed E-state index contributed by atoms with van der Waals surface area (Å²) in [5.41, 5.74) is 8.94. The number of benzene rings is 2.